The van der Waals surface area contributed by atoms with Gasteiger partial charge in [-0.05, 0) is 13.3 Å². The van der Waals surface area contributed by atoms with E-state index < -0.39 is 0 Å². The fraction of sp³-hybridized carbons (Fsp3) is 1.00. The first-order valence-corrected chi connectivity index (χ1v) is 3.81. The molecule has 0 fully saturated rings. The van der Waals surface area contributed by atoms with Gasteiger partial charge in [0.05, 0.1) is 0 Å². The van der Waals surface area contributed by atoms with Crippen molar-refractivity contribution < 1.29 is 4.74 Å². The van der Waals surface area contributed by atoms with Gasteiger partial charge in [-0.25, -0.2) is 0 Å². The van der Waals surface area contributed by atoms with Crippen LogP contribution in [0.2, 0.25) is 0 Å². The average molecular weight is 148 g/mol. The Balaban J connectivity index is 3.07. The highest BCUT2D eigenvalue weighted by Crippen LogP contribution is 2.15. The van der Waals surface area contributed by atoms with Gasteiger partial charge in [0.15, 0.2) is 0 Å². The summed E-state index contributed by atoms with van der Waals surface area (Å²) in [6.07, 6.45) is 1.02. The third kappa shape index (κ3) is 8.31. The van der Waals surface area contributed by atoms with E-state index in [2.05, 4.69) is 26.5 Å². The van der Waals surface area contributed by atoms with E-state index in [4.69, 9.17) is 4.74 Å². The summed E-state index contributed by atoms with van der Waals surface area (Å²) in [5.74, 6) is 0. The van der Waals surface area contributed by atoms with Crippen molar-refractivity contribution in [3.63, 3.8) is 0 Å². The van der Waals surface area contributed by atoms with Crippen molar-refractivity contribution in [3.05, 3.63) is 0 Å². The van der Waals surface area contributed by atoms with E-state index in [1.165, 1.54) is 0 Å². The molecule has 0 saturated heterocycles. The minimum absolute atomic E-state index is 0.120. The Morgan fingerprint density at radius 3 is 2.33 bits per heavy atom. The van der Waals surface area contributed by atoms with E-state index >= 15 is 0 Å². The van der Waals surface area contributed by atoms with Crippen LogP contribution < -0.4 is 0 Å². The normalized spacial score (nSPS) is 12.0. The van der Waals surface area contributed by atoms with Gasteiger partial charge in [0.2, 0.25) is 0 Å². The molecule has 0 amide bonds. The molecule has 0 unspecified atom stereocenters. The Bertz CT molecular complexity index is 65.8. The van der Waals surface area contributed by atoms with Crippen LogP contribution in [0.5, 0.6) is 0 Å². The lowest BCUT2D eigenvalue weighted by atomic mass is 10.1. The van der Waals surface area contributed by atoms with Crippen LogP contribution in [0.15, 0.2) is 0 Å². The Hall–Kier alpha value is 0.310. The summed E-state index contributed by atoms with van der Waals surface area (Å²) in [5, 5.41) is 0. The van der Waals surface area contributed by atoms with Crippen LogP contribution >= 0.6 is 12.6 Å². The van der Waals surface area contributed by atoms with Crippen LogP contribution in [0.25, 0.3) is 0 Å². The molecule has 0 aromatic carbocycles. The van der Waals surface area contributed by atoms with Gasteiger partial charge in [-0.2, -0.15) is 12.6 Å². The topological polar surface area (TPSA) is 9.23 Å². The van der Waals surface area contributed by atoms with Crippen LogP contribution in [-0.2, 0) is 4.74 Å². The molecule has 0 aromatic heterocycles. The van der Waals surface area contributed by atoms with E-state index in [1.54, 1.807) is 0 Å². The summed E-state index contributed by atoms with van der Waals surface area (Å²) in [4.78, 5) is 0. The molecule has 2 heteroatoms. The molecule has 0 aliphatic heterocycles. The van der Waals surface area contributed by atoms with Gasteiger partial charge in [-0.3, -0.25) is 0 Å². The van der Waals surface area contributed by atoms with Crippen molar-refractivity contribution in [3.8, 4) is 0 Å². The van der Waals surface area contributed by atoms with Gasteiger partial charge in [0, 0.05) is 18.0 Å². The Labute approximate surface area is 63.2 Å². The fourth-order valence-electron chi connectivity index (χ4n) is 0.466. The first-order valence-electron chi connectivity index (χ1n) is 3.36. The molecular formula is C7H16OS. The highest BCUT2D eigenvalue weighted by atomic mass is 32.1. The highest BCUT2D eigenvalue weighted by Gasteiger charge is 2.09. The predicted octanol–water partition coefficient (Wildman–Crippen LogP) is 2.12. The first-order chi connectivity index (χ1) is 4.06. The zero-order chi connectivity index (χ0) is 7.33. The quantitative estimate of drug-likeness (QED) is 0.474. The third-order valence-corrected chi connectivity index (χ3v) is 1.29. The summed E-state index contributed by atoms with van der Waals surface area (Å²) in [6, 6.07) is 0. The standard InChI is InChI=1S/C7H16OS/c1-4-8-6-5-7(2,3)9/h9H,4-6H2,1-3H3. The van der Waals surface area contributed by atoms with E-state index in [9.17, 15) is 0 Å². The maximum absolute atomic E-state index is 5.16. The van der Waals surface area contributed by atoms with E-state index in [1.807, 2.05) is 6.92 Å². The molecule has 0 rings (SSSR count). The van der Waals surface area contributed by atoms with Gasteiger partial charge < -0.3 is 4.74 Å². The van der Waals surface area contributed by atoms with Crippen molar-refractivity contribution >= 4 is 12.6 Å². The molecule has 0 aliphatic rings. The van der Waals surface area contributed by atoms with Crippen LogP contribution in [0.4, 0.5) is 0 Å². The summed E-state index contributed by atoms with van der Waals surface area (Å²) in [6.45, 7) is 7.83. The molecule has 0 saturated carbocycles. The second-order valence-corrected chi connectivity index (χ2v) is 3.97. The number of rotatable bonds is 4. The third-order valence-electron chi connectivity index (χ3n) is 1.06. The highest BCUT2D eigenvalue weighted by molar-refractivity contribution is 7.81. The number of thiol groups is 1. The average Bonchev–Trinajstić information content (AvgIpc) is 1.63. The monoisotopic (exact) mass is 148 g/mol. The van der Waals surface area contributed by atoms with Crippen molar-refractivity contribution in [2.24, 2.45) is 0 Å². The summed E-state index contributed by atoms with van der Waals surface area (Å²) < 4.78 is 5.28. The number of hydrogen-bond acceptors (Lipinski definition) is 2. The van der Waals surface area contributed by atoms with Crippen molar-refractivity contribution in [2.75, 3.05) is 13.2 Å². The van der Waals surface area contributed by atoms with Crippen molar-refractivity contribution in [1.29, 1.82) is 0 Å². The van der Waals surface area contributed by atoms with Crippen LogP contribution in [-0.4, -0.2) is 18.0 Å². The molecule has 9 heavy (non-hydrogen) atoms. The molecule has 56 valence electrons. The Morgan fingerprint density at radius 1 is 1.44 bits per heavy atom. The smallest absolute Gasteiger partial charge is 0.0478 e. The van der Waals surface area contributed by atoms with Gasteiger partial charge >= 0.3 is 0 Å². The minimum atomic E-state index is 0.120. The van der Waals surface area contributed by atoms with E-state index in [0.29, 0.717) is 0 Å². The molecule has 0 aliphatic carbocycles. The van der Waals surface area contributed by atoms with Gasteiger partial charge in [-0.1, -0.05) is 13.8 Å². The second-order valence-electron chi connectivity index (χ2n) is 2.76. The zero-order valence-electron chi connectivity index (χ0n) is 6.48. The maximum atomic E-state index is 5.16. The van der Waals surface area contributed by atoms with E-state index in [0.717, 1.165) is 19.6 Å². The van der Waals surface area contributed by atoms with Gasteiger partial charge in [0.25, 0.3) is 0 Å². The molecule has 0 heterocycles. The Morgan fingerprint density at radius 2 is 2.00 bits per heavy atom. The van der Waals surface area contributed by atoms with E-state index in [-0.39, 0.29) is 4.75 Å². The fourth-order valence-corrected chi connectivity index (χ4v) is 0.558. The minimum Gasteiger partial charge on any atom is -0.382 e. The van der Waals surface area contributed by atoms with Crippen LogP contribution in [0.1, 0.15) is 27.2 Å². The lowest BCUT2D eigenvalue weighted by Gasteiger charge is -2.15. The van der Waals surface area contributed by atoms with Crippen molar-refractivity contribution in [2.45, 2.75) is 31.9 Å². The zero-order valence-corrected chi connectivity index (χ0v) is 7.37. The second kappa shape index (κ2) is 4.18. The molecule has 1 nitrogen and oxygen atoms in total. The van der Waals surface area contributed by atoms with Crippen molar-refractivity contribution in [1.82, 2.24) is 0 Å². The van der Waals surface area contributed by atoms with Crippen LogP contribution in [0.3, 0.4) is 0 Å². The van der Waals surface area contributed by atoms with Gasteiger partial charge in [-0.15, -0.1) is 0 Å². The molecular weight excluding hydrogens is 132 g/mol. The SMILES string of the molecule is CCOCCC(C)(C)S. The molecule has 0 aromatic rings. The molecule has 0 atom stereocenters. The van der Waals surface area contributed by atoms with Gasteiger partial charge in [0.1, 0.15) is 0 Å². The lowest BCUT2D eigenvalue weighted by Crippen LogP contribution is -2.13. The summed E-state index contributed by atoms with van der Waals surface area (Å²) in [5.41, 5.74) is 0. The molecule has 0 radical (unpaired) electrons. The predicted molar refractivity (Wildman–Crippen MR) is 44.2 cm³/mol. The first kappa shape index (κ1) is 9.31. The van der Waals surface area contributed by atoms with Crippen LogP contribution in [0, 0.1) is 0 Å². The lowest BCUT2D eigenvalue weighted by molar-refractivity contribution is 0.139. The summed E-state index contributed by atoms with van der Waals surface area (Å²) >= 11 is 4.35. The largest absolute Gasteiger partial charge is 0.382 e. The number of hydrogen-bond donors (Lipinski definition) is 1. The molecule has 0 spiro atoms. The molecule has 0 bridgehead atoms. The summed E-state index contributed by atoms with van der Waals surface area (Å²) in [7, 11) is 0. The number of ether oxygens (including phenoxy) is 1. The molecule has 0 N–H and O–H groups in total. The Kier molecular flexibility index (Phi) is 4.32. The maximum Gasteiger partial charge on any atom is 0.0478 e.